The highest BCUT2D eigenvalue weighted by Gasteiger charge is 2.26. The molecular weight excluding hydrogens is 429 g/mol. The van der Waals surface area contributed by atoms with Gasteiger partial charge in [-0.3, -0.25) is 9.79 Å². The summed E-state index contributed by atoms with van der Waals surface area (Å²) in [7, 11) is 1.46. The summed E-state index contributed by atoms with van der Waals surface area (Å²) >= 11 is 0. The lowest BCUT2D eigenvalue weighted by Gasteiger charge is -2.33. The Morgan fingerprint density at radius 3 is 2.68 bits per heavy atom. The number of aliphatic imine (C=N–C) groups is 1. The van der Waals surface area contributed by atoms with Gasteiger partial charge in [0.1, 0.15) is 0 Å². The maximum absolute atomic E-state index is 11.6. The van der Waals surface area contributed by atoms with Gasteiger partial charge in [0.25, 0.3) is 0 Å². The van der Waals surface area contributed by atoms with Crippen molar-refractivity contribution in [2.45, 2.75) is 33.1 Å². The highest BCUT2D eigenvalue weighted by molar-refractivity contribution is 14.0. The molecular formula is C19H30IN3O2. The number of hydrogen-bond acceptors (Lipinski definition) is 3. The third-order valence-corrected chi connectivity index (χ3v) is 4.41. The monoisotopic (exact) mass is 459 g/mol. The van der Waals surface area contributed by atoms with E-state index in [4.69, 9.17) is 9.73 Å². The van der Waals surface area contributed by atoms with E-state index < -0.39 is 0 Å². The summed E-state index contributed by atoms with van der Waals surface area (Å²) in [5, 5.41) is 3.37. The third-order valence-electron chi connectivity index (χ3n) is 4.41. The van der Waals surface area contributed by atoms with E-state index in [9.17, 15) is 4.79 Å². The Hall–Kier alpha value is -1.31. The van der Waals surface area contributed by atoms with Crippen molar-refractivity contribution in [2.24, 2.45) is 10.9 Å². The fourth-order valence-corrected chi connectivity index (χ4v) is 3.08. The molecule has 25 heavy (non-hydrogen) atoms. The number of carbonyl (C=O) groups is 1. The first-order chi connectivity index (χ1) is 11.6. The molecule has 1 aliphatic rings. The van der Waals surface area contributed by atoms with Crippen LogP contribution < -0.4 is 5.32 Å². The molecule has 0 atom stereocenters. The average Bonchev–Trinajstić information content (AvgIpc) is 2.60. The van der Waals surface area contributed by atoms with Crippen LogP contribution in [0.4, 0.5) is 0 Å². The number of benzene rings is 1. The lowest BCUT2D eigenvalue weighted by Crippen LogP contribution is -2.46. The van der Waals surface area contributed by atoms with E-state index in [1.54, 1.807) is 0 Å². The van der Waals surface area contributed by atoms with Gasteiger partial charge in [0.05, 0.1) is 13.0 Å². The van der Waals surface area contributed by atoms with Crippen LogP contribution in [0.15, 0.2) is 29.3 Å². The van der Waals surface area contributed by atoms with E-state index in [1.807, 2.05) is 0 Å². The maximum atomic E-state index is 11.6. The quantitative estimate of drug-likeness (QED) is 0.319. The van der Waals surface area contributed by atoms with Gasteiger partial charge in [0.2, 0.25) is 0 Å². The van der Waals surface area contributed by atoms with Crippen LogP contribution in [-0.4, -0.2) is 50.1 Å². The molecule has 0 spiro atoms. The second kappa shape index (κ2) is 11.3. The number of aryl methyl sites for hydroxylation is 1. The van der Waals surface area contributed by atoms with Crippen molar-refractivity contribution in [2.75, 3.05) is 33.3 Å². The topological polar surface area (TPSA) is 53.9 Å². The van der Waals surface area contributed by atoms with Gasteiger partial charge in [0, 0.05) is 26.2 Å². The van der Waals surface area contributed by atoms with Crippen LogP contribution in [0.1, 0.15) is 30.9 Å². The third kappa shape index (κ3) is 6.84. The fraction of sp³-hybridized carbons (Fsp3) is 0.579. The SMILES string of the molecule is CCNC(=NCCc1cccc(C)c1)N1CCC(C(=O)OC)CC1.I. The summed E-state index contributed by atoms with van der Waals surface area (Å²) in [6.07, 6.45) is 2.60. The number of likely N-dealkylation sites (tertiary alicyclic amines) is 1. The van der Waals surface area contributed by atoms with E-state index >= 15 is 0 Å². The molecule has 1 N–H and O–H groups in total. The Balaban J connectivity index is 0.00000312. The zero-order chi connectivity index (χ0) is 17.4. The highest BCUT2D eigenvalue weighted by atomic mass is 127. The molecule has 6 heteroatoms. The standard InChI is InChI=1S/C19H29N3O2.HI/c1-4-20-19(21-11-8-16-7-5-6-15(2)14-16)22-12-9-17(10-13-22)18(23)24-3;/h5-7,14,17H,4,8-13H2,1-3H3,(H,20,21);1H. The summed E-state index contributed by atoms with van der Waals surface area (Å²) in [4.78, 5) is 18.7. The zero-order valence-corrected chi connectivity index (χ0v) is 17.8. The summed E-state index contributed by atoms with van der Waals surface area (Å²) in [6, 6.07) is 8.57. The van der Waals surface area contributed by atoms with Gasteiger partial charge in [-0.25, -0.2) is 0 Å². The van der Waals surface area contributed by atoms with Crippen LogP contribution in [0.3, 0.4) is 0 Å². The van der Waals surface area contributed by atoms with Crippen LogP contribution in [-0.2, 0) is 16.0 Å². The van der Waals surface area contributed by atoms with Crippen LogP contribution in [0.5, 0.6) is 0 Å². The minimum absolute atomic E-state index is 0. The van der Waals surface area contributed by atoms with Gasteiger partial charge in [-0.2, -0.15) is 0 Å². The van der Waals surface area contributed by atoms with Gasteiger partial charge in [0.15, 0.2) is 5.96 Å². The van der Waals surface area contributed by atoms with Crippen molar-refractivity contribution >= 4 is 35.9 Å². The van der Waals surface area contributed by atoms with Crippen LogP contribution in [0, 0.1) is 12.8 Å². The number of halogens is 1. The van der Waals surface area contributed by atoms with Gasteiger partial charge >= 0.3 is 5.97 Å². The molecule has 0 radical (unpaired) electrons. The largest absolute Gasteiger partial charge is 0.469 e. The molecule has 0 aromatic heterocycles. The van der Waals surface area contributed by atoms with Crippen molar-refractivity contribution in [3.05, 3.63) is 35.4 Å². The average molecular weight is 459 g/mol. The van der Waals surface area contributed by atoms with Crippen molar-refractivity contribution in [3.63, 3.8) is 0 Å². The number of guanidine groups is 1. The van der Waals surface area contributed by atoms with Crippen molar-refractivity contribution in [1.82, 2.24) is 10.2 Å². The highest BCUT2D eigenvalue weighted by Crippen LogP contribution is 2.18. The smallest absolute Gasteiger partial charge is 0.308 e. The minimum atomic E-state index is -0.0870. The van der Waals surface area contributed by atoms with E-state index in [0.717, 1.165) is 51.4 Å². The molecule has 0 unspecified atom stereocenters. The maximum Gasteiger partial charge on any atom is 0.308 e. The molecule has 0 bridgehead atoms. The number of nitrogens with zero attached hydrogens (tertiary/aromatic N) is 2. The van der Waals surface area contributed by atoms with Crippen molar-refractivity contribution in [3.8, 4) is 0 Å². The van der Waals surface area contributed by atoms with Crippen molar-refractivity contribution < 1.29 is 9.53 Å². The molecule has 2 rings (SSSR count). The number of piperidine rings is 1. The number of rotatable bonds is 5. The molecule has 5 nitrogen and oxygen atoms in total. The lowest BCUT2D eigenvalue weighted by molar-refractivity contribution is -0.146. The molecule has 0 amide bonds. The van der Waals surface area contributed by atoms with E-state index in [1.165, 1.54) is 18.2 Å². The summed E-state index contributed by atoms with van der Waals surface area (Å²) < 4.78 is 4.85. The molecule has 1 fully saturated rings. The Bertz CT molecular complexity index is 570. The predicted octanol–water partition coefficient (Wildman–Crippen LogP) is 3.01. The predicted molar refractivity (Wildman–Crippen MR) is 113 cm³/mol. The summed E-state index contributed by atoms with van der Waals surface area (Å²) in [5.74, 6) is 0.894. The number of carbonyl (C=O) groups excluding carboxylic acids is 1. The zero-order valence-electron chi connectivity index (χ0n) is 15.5. The summed E-state index contributed by atoms with van der Waals surface area (Å²) in [5.41, 5.74) is 2.60. The summed E-state index contributed by atoms with van der Waals surface area (Å²) in [6.45, 7) is 7.49. The van der Waals surface area contributed by atoms with Gasteiger partial charge in [-0.1, -0.05) is 29.8 Å². The van der Waals surface area contributed by atoms with Gasteiger partial charge in [-0.15, -0.1) is 24.0 Å². The molecule has 1 aromatic rings. The number of esters is 1. The molecule has 1 saturated heterocycles. The molecule has 1 aromatic carbocycles. The minimum Gasteiger partial charge on any atom is -0.469 e. The Morgan fingerprint density at radius 2 is 2.08 bits per heavy atom. The van der Waals surface area contributed by atoms with Gasteiger partial charge in [-0.05, 0) is 38.7 Å². The Kier molecular flexibility index (Phi) is 9.85. The Morgan fingerprint density at radius 1 is 1.36 bits per heavy atom. The van der Waals surface area contributed by atoms with Crippen LogP contribution in [0.2, 0.25) is 0 Å². The van der Waals surface area contributed by atoms with Gasteiger partial charge < -0.3 is 15.0 Å². The Labute approximate surface area is 168 Å². The molecule has 0 aliphatic carbocycles. The number of hydrogen-bond donors (Lipinski definition) is 1. The first-order valence-corrected chi connectivity index (χ1v) is 8.80. The van der Waals surface area contributed by atoms with Crippen molar-refractivity contribution in [1.29, 1.82) is 0 Å². The molecule has 1 aliphatic heterocycles. The lowest BCUT2D eigenvalue weighted by atomic mass is 9.97. The second-order valence-corrected chi connectivity index (χ2v) is 6.26. The van der Waals surface area contributed by atoms with E-state index in [2.05, 4.69) is 48.3 Å². The van der Waals surface area contributed by atoms with E-state index in [0.29, 0.717) is 0 Å². The normalized spacial score (nSPS) is 15.5. The van der Waals surface area contributed by atoms with Crippen LogP contribution in [0.25, 0.3) is 0 Å². The number of nitrogens with one attached hydrogen (secondary N) is 1. The van der Waals surface area contributed by atoms with Crippen LogP contribution >= 0.6 is 24.0 Å². The van der Waals surface area contributed by atoms with E-state index in [-0.39, 0.29) is 35.9 Å². The molecule has 140 valence electrons. The molecule has 0 saturated carbocycles. The fourth-order valence-electron chi connectivity index (χ4n) is 3.08. The second-order valence-electron chi connectivity index (χ2n) is 6.26. The first kappa shape index (κ1) is 21.7. The first-order valence-electron chi connectivity index (χ1n) is 8.80. The number of methoxy groups -OCH3 is 1. The number of ether oxygens (including phenoxy) is 1. The molecule has 1 heterocycles.